The average molecular weight is 372 g/mol. The lowest BCUT2D eigenvalue weighted by atomic mass is 10.0. The van der Waals surface area contributed by atoms with E-state index in [1.54, 1.807) is 0 Å². The molecule has 6 heteroatoms. The van der Waals surface area contributed by atoms with Crippen molar-refractivity contribution >= 4 is 28.6 Å². The first-order valence-electron chi connectivity index (χ1n) is 9.21. The molecule has 0 bridgehead atoms. The highest BCUT2D eigenvalue weighted by molar-refractivity contribution is 7.09. The molecule has 2 aliphatic heterocycles. The monoisotopic (exact) mass is 371 g/mol. The second kappa shape index (κ2) is 6.67. The third-order valence-corrected chi connectivity index (χ3v) is 5.95. The summed E-state index contributed by atoms with van der Waals surface area (Å²) < 4.78 is 5.70. The second-order valence-corrected chi connectivity index (χ2v) is 8.73. The van der Waals surface area contributed by atoms with Crippen LogP contribution in [0.2, 0.25) is 0 Å². The number of nitrogens with zero attached hydrogens (tertiary/aromatic N) is 3. The summed E-state index contributed by atoms with van der Waals surface area (Å²) in [6, 6.07) is 8.14. The third-order valence-electron chi connectivity index (χ3n) is 5.01. The summed E-state index contributed by atoms with van der Waals surface area (Å²) >= 11 is 1.53. The van der Waals surface area contributed by atoms with E-state index in [4.69, 9.17) is 4.74 Å². The number of hydrogen-bond donors (Lipinski definition) is 0. The average Bonchev–Trinajstić information content (AvgIpc) is 3.30. The standard InChI is InChI=1S/C20H25N3O2S/c1-20(2,3)23-11-10-22(15-7-4-5-8-16(15)23)19(24)14-13-26-18(21-14)17-9-6-12-25-17/h4-5,7-8,13,17H,6,9-12H2,1-3H3. The minimum absolute atomic E-state index is 0.0128. The predicted octanol–water partition coefficient (Wildman–Crippen LogP) is 4.26. The molecule has 1 unspecified atom stereocenters. The fourth-order valence-electron chi connectivity index (χ4n) is 3.71. The van der Waals surface area contributed by atoms with Crippen LogP contribution < -0.4 is 9.80 Å². The van der Waals surface area contributed by atoms with Gasteiger partial charge in [0.05, 0.1) is 11.4 Å². The van der Waals surface area contributed by atoms with Gasteiger partial charge in [-0.1, -0.05) is 12.1 Å². The first-order valence-corrected chi connectivity index (χ1v) is 10.1. The lowest BCUT2D eigenvalue weighted by molar-refractivity contribution is 0.0978. The number of aromatic nitrogens is 1. The molecule has 0 spiro atoms. The van der Waals surface area contributed by atoms with E-state index in [2.05, 4.69) is 36.7 Å². The van der Waals surface area contributed by atoms with E-state index in [1.165, 1.54) is 11.3 Å². The Morgan fingerprint density at radius 2 is 2.00 bits per heavy atom. The second-order valence-electron chi connectivity index (χ2n) is 7.84. The van der Waals surface area contributed by atoms with E-state index in [0.717, 1.165) is 42.4 Å². The maximum Gasteiger partial charge on any atom is 0.277 e. The molecule has 0 radical (unpaired) electrons. The topological polar surface area (TPSA) is 45.7 Å². The van der Waals surface area contributed by atoms with Crippen molar-refractivity contribution in [2.75, 3.05) is 29.5 Å². The molecular weight excluding hydrogens is 346 g/mol. The molecule has 5 nitrogen and oxygen atoms in total. The normalized spacial score (nSPS) is 20.3. The Bertz CT molecular complexity index is 805. The number of amides is 1. The fourth-order valence-corrected chi connectivity index (χ4v) is 4.59. The maximum atomic E-state index is 13.2. The van der Waals surface area contributed by atoms with Crippen molar-refractivity contribution in [1.82, 2.24) is 4.98 Å². The van der Waals surface area contributed by atoms with Gasteiger partial charge in [-0.25, -0.2) is 4.98 Å². The van der Waals surface area contributed by atoms with Gasteiger partial charge in [0.2, 0.25) is 0 Å². The predicted molar refractivity (Wildman–Crippen MR) is 105 cm³/mol. The largest absolute Gasteiger partial charge is 0.371 e. The van der Waals surface area contributed by atoms with E-state index >= 15 is 0 Å². The van der Waals surface area contributed by atoms with Gasteiger partial charge < -0.3 is 14.5 Å². The minimum atomic E-state index is -0.0218. The van der Waals surface area contributed by atoms with Crippen molar-refractivity contribution in [2.24, 2.45) is 0 Å². The van der Waals surface area contributed by atoms with Crippen LogP contribution >= 0.6 is 11.3 Å². The van der Waals surface area contributed by atoms with Crippen LogP contribution in [0.15, 0.2) is 29.6 Å². The number of carbonyl (C=O) groups excluding carboxylic acids is 1. The number of thiazole rings is 1. The molecule has 2 aliphatic rings. The molecule has 1 atom stereocenters. The van der Waals surface area contributed by atoms with Crippen molar-refractivity contribution in [2.45, 2.75) is 45.3 Å². The molecule has 1 saturated heterocycles. The van der Waals surface area contributed by atoms with Crippen molar-refractivity contribution in [3.8, 4) is 0 Å². The molecule has 0 saturated carbocycles. The quantitative estimate of drug-likeness (QED) is 0.791. The zero-order valence-electron chi connectivity index (χ0n) is 15.6. The van der Waals surface area contributed by atoms with Gasteiger partial charge in [0, 0.05) is 30.6 Å². The number of carbonyl (C=O) groups is 1. The molecular formula is C20H25N3O2S. The molecule has 4 rings (SSSR count). The molecule has 0 N–H and O–H groups in total. The van der Waals surface area contributed by atoms with Gasteiger partial charge in [-0.2, -0.15) is 0 Å². The van der Waals surface area contributed by atoms with Crippen LogP contribution in [0, 0.1) is 0 Å². The van der Waals surface area contributed by atoms with Crippen LogP contribution in [0.1, 0.15) is 55.2 Å². The number of rotatable bonds is 2. The van der Waals surface area contributed by atoms with Crippen molar-refractivity contribution < 1.29 is 9.53 Å². The first kappa shape index (κ1) is 17.5. The molecule has 1 amide bonds. The van der Waals surface area contributed by atoms with Crippen LogP contribution in [-0.4, -0.2) is 36.1 Å². The molecule has 0 aliphatic carbocycles. The molecule has 1 aromatic carbocycles. The van der Waals surface area contributed by atoms with Crippen molar-refractivity contribution in [3.05, 3.63) is 40.3 Å². The minimum Gasteiger partial charge on any atom is -0.371 e. The summed E-state index contributed by atoms with van der Waals surface area (Å²) in [7, 11) is 0. The number of para-hydroxylation sites is 2. The molecule has 1 aromatic heterocycles. The zero-order chi connectivity index (χ0) is 18.3. The zero-order valence-corrected chi connectivity index (χ0v) is 16.4. The van der Waals surface area contributed by atoms with Crippen LogP contribution in [0.4, 0.5) is 11.4 Å². The maximum absolute atomic E-state index is 13.2. The van der Waals surface area contributed by atoms with Gasteiger partial charge in [0.25, 0.3) is 5.91 Å². The van der Waals surface area contributed by atoms with Crippen LogP contribution in [-0.2, 0) is 4.74 Å². The summed E-state index contributed by atoms with van der Waals surface area (Å²) in [5, 5.41) is 2.80. The Kier molecular flexibility index (Phi) is 4.49. The molecule has 138 valence electrons. The van der Waals surface area contributed by atoms with Gasteiger partial charge in [-0.05, 0) is 45.7 Å². The first-order chi connectivity index (χ1) is 12.4. The Labute approximate surface area is 158 Å². The van der Waals surface area contributed by atoms with Gasteiger partial charge >= 0.3 is 0 Å². The van der Waals surface area contributed by atoms with E-state index in [9.17, 15) is 4.79 Å². The highest BCUT2D eigenvalue weighted by atomic mass is 32.1. The molecule has 26 heavy (non-hydrogen) atoms. The summed E-state index contributed by atoms with van der Waals surface area (Å²) in [5.74, 6) is -0.0218. The molecule has 3 heterocycles. The van der Waals surface area contributed by atoms with Crippen LogP contribution in [0.5, 0.6) is 0 Å². The number of benzene rings is 1. The summed E-state index contributed by atoms with van der Waals surface area (Å²) in [6.45, 7) is 8.88. The fraction of sp³-hybridized carbons (Fsp3) is 0.500. The number of anilines is 2. The van der Waals surface area contributed by atoms with Gasteiger partial charge in [-0.15, -0.1) is 11.3 Å². The van der Waals surface area contributed by atoms with E-state index in [0.29, 0.717) is 12.2 Å². The summed E-state index contributed by atoms with van der Waals surface area (Å²) in [4.78, 5) is 22.0. The third kappa shape index (κ3) is 3.12. The van der Waals surface area contributed by atoms with E-state index in [-0.39, 0.29) is 17.6 Å². The SMILES string of the molecule is CC(C)(C)N1CCN(C(=O)c2csc(C3CCCO3)n2)c2ccccc21. The number of fused-ring (bicyclic) bond motifs is 1. The van der Waals surface area contributed by atoms with E-state index in [1.807, 2.05) is 28.5 Å². The van der Waals surface area contributed by atoms with Crippen molar-refractivity contribution in [1.29, 1.82) is 0 Å². The summed E-state index contributed by atoms with van der Waals surface area (Å²) in [5.41, 5.74) is 2.61. The lowest BCUT2D eigenvalue weighted by Gasteiger charge is -2.44. The highest BCUT2D eigenvalue weighted by Crippen LogP contribution is 2.38. The van der Waals surface area contributed by atoms with Crippen molar-refractivity contribution in [3.63, 3.8) is 0 Å². The van der Waals surface area contributed by atoms with Gasteiger partial charge in [0.15, 0.2) is 0 Å². The summed E-state index contributed by atoms with van der Waals surface area (Å²) in [6.07, 6.45) is 2.12. The highest BCUT2D eigenvalue weighted by Gasteiger charge is 2.33. The van der Waals surface area contributed by atoms with Crippen LogP contribution in [0.3, 0.4) is 0 Å². The van der Waals surface area contributed by atoms with Gasteiger partial charge in [0.1, 0.15) is 16.8 Å². The van der Waals surface area contributed by atoms with Crippen LogP contribution in [0.25, 0.3) is 0 Å². The molecule has 2 aromatic rings. The number of ether oxygens (including phenoxy) is 1. The van der Waals surface area contributed by atoms with Gasteiger partial charge in [-0.3, -0.25) is 4.79 Å². The smallest absolute Gasteiger partial charge is 0.277 e. The Morgan fingerprint density at radius 3 is 2.69 bits per heavy atom. The Balaban J connectivity index is 1.62. The Morgan fingerprint density at radius 1 is 1.23 bits per heavy atom. The lowest BCUT2D eigenvalue weighted by Crippen LogP contribution is -2.51. The number of hydrogen-bond acceptors (Lipinski definition) is 5. The van der Waals surface area contributed by atoms with E-state index < -0.39 is 0 Å². The Hall–Kier alpha value is -1.92. The molecule has 1 fully saturated rings.